The lowest BCUT2D eigenvalue weighted by Gasteiger charge is -2.41. The van der Waals surface area contributed by atoms with Crippen LogP contribution in [0.5, 0.6) is 0 Å². The van der Waals surface area contributed by atoms with Crippen LogP contribution in [0.2, 0.25) is 0 Å². The molecule has 0 saturated heterocycles. The zero-order valence-corrected chi connectivity index (χ0v) is 25.8. The Morgan fingerprint density at radius 3 is 1.92 bits per heavy atom. The van der Waals surface area contributed by atoms with Crippen LogP contribution < -0.4 is 0 Å². The zero-order valence-electron chi connectivity index (χ0n) is 25.8. The van der Waals surface area contributed by atoms with Gasteiger partial charge in [0.15, 0.2) is 0 Å². The van der Waals surface area contributed by atoms with Gasteiger partial charge in [-0.2, -0.15) is 0 Å². The molecule has 0 aromatic rings. The molecule has 206 valence electrons. The van der Waals surface area contributed by atoms with Crippen molar-refractivity contribution in [1.82, 2.24) is 0 Å². The molecule has 0 heterocycles. The number of allylic oxidation sites excluding steroid dienone is 16. The Balaban J connectivity index is 8.03. The average molecular weight is 503 g/mol. The summed E-state index contributed by atoms with van der Waals surface area (Å²) in [6, 6.07) is 0. The Hall–Kier alpha value is -2.34. The summed E-state index contributed by atoms with van der Waals surface area (Å²) in [4.78, 5) is 0. The van der Waals surface area contributed by atoms with Gasteiger partial charge in [0.1, 0.15) is 0 Å². The fourth-order valence-electron chi connectivity index (χ4n) is 4.85. The highest BCUT2D eigenvalue weighted by Crippen LogP contribution is 2.50. The first-order valence-corrected chi connectivity index (χ1v) is 14.6. The minimum absolute atomic E-state index is 0.102. The van der Waals surface area contributed by atoms with Crippen molar-refractivity contribution in [3.05, 3.63) is 109 Å². The summed E-state index contributed by atoms with van der Waals surface area (Å²) >= 11 is 0. The molecular weight excluding hydrogens is 444 g/mol. The van der Waals surface area contributed by atoms with Crippen molar-refractivity contribution in [1.29, 1.82) is 0 Å². The molecule has 0 saturated carbocycles. The van der Waals surface area contributed by atoms with Gasteiger partial charge in [-0.1, -0.05) is 131 Å². The van der Waals surface area contributed by atoms with Crippen LogP contribution in [0.4, 0.5) is 0 Å². The van der Waals surface area contributed by atoms with Crippen LogP contribution in [-0.4, -0.2) is 0 Å². The smallest absolute Gasteiger partial charge is 0.0309 e. The molecule has 0 nitrogen and oxygen atoms in total. The average Bonchev–Trinajstić information content (AvgIpc) is 2.87. The second kappa shape index (κ2) is 18.8. The van der Waals surface area contributed by atoms with E-state index < -0.39 is 0 Å². The van der Waals surface area contributed by atoms with Crippen LogP contribution in [0.15, 0.2) is 109 Å². The van der Waals surface area contributed by atoms with Gasteiger partial charge in [-0.25, -0.2) is 0 Å². The van der Waals surface area contributed by atoms with Gasteiger partial charge in [-0.15, -0.1) is 13.2 Å². The minimum Gasteiger partial charge on any atom is -0.102 e. The molecule has 0 amide bonds. The zero-order chi connectivity index (χ0) is 28.3. The fraction of sp³-hybridized carbons (Fsp3) is 0.514. The summed E-state index contributed by atoms with van der Waals surface area (Å²) in [5.41, 5.74) is 3.61. The number of hydrogen-bond donors (Lipinski definition) is 0. The van der Waals surface area contributed by atoms with E-state index in [9.17, 15) is 0 Å². The molecule has 2 unspecified atom stereocenters. The molecule has 0 aliphatic carbocycles. The monoisotopic (exact) mass is 502 g/mol. The third-order valence-corrected chi connectivity index (χ3v) is 6.99. The second-order valence-corrected chi connectivity index (χ2v) is 10.8. The van der Waals surface area contributed by atoms with Crippen molar-refractivity contribution in [2.45, 2.75) is 101 Å². The molecule has 0 fully saturated rings. The third-order valence-electron chi connectivity index (χ3n) is 6.99. The maximum Gasteiger partial charge on any atom is 0.0309 e. The van der Waals surface area contributed by atoms with E-state index in [0.717, 1.165) is 38.5 Å². The molecule has 37 heavy (non-hydrogen) atoms. The lowest BCUT2D eigenvalue weighted by atomic mass is 9.62. The van der Waals surface area contributed by atoms with Crippen molar-refractivity contribution < 1.29 is 0 Å². The van der Waals surface area contributed by atoms with Gasteiger partial charge in [0.2, 0.25) is 0 Å². The van der Waals surface area contributed by atoms with Gasteiger partial charge in [0, 0.05) is 16.7 Å². The van der Waals surface area contributed by atoms with Crippen molar-refractivity contribution in [2.75, 3.05) is 0 Å². The Morgan fingerprint density at radius 1 is 0.784 bits per heavy atom. The Labute approximate surface area is 232 Å². The van der Waals surface area contributed by atoms with Crippen LogP contribution >= 0.6 is 0 Å². The van der Waals surface area contributed by atoms with Crippen LogP contribution in [0, 0.1) is 22.7 Å². The van der Waals surface area contributed by atoms with Crippen LogP contribution in [0.3, 0.4) is 0 Å². The molecule has 0 spiro atoms. The van der Waals surface area contributed by atoms with E-state index in [1.807, 2.05) is 0 Å². The van der Waals surface area contributed by atoms with E-state index in [0.29, 0.717) is 5.92 Å². The van der Waals surface area contributed by atoms with Crippen molar-refractivity contribution >= 4 is 0 Å². The number of unbranched alkanes of at least 4 members (excludes halogenated alkanes) is 1. The van der Waals surface area contributed by atoms with E-state index in [-0.39, 0.29) is 16.7 Å². The molecule has 0 radical (unpaired) electrons. The van der Waals surface area contributed by atoms with Crippen LogP contribution in [-0.2, 0) is 0 Å². The standard InChI is InChI=1S/C37H58/c1-12-18-22-25-36(26-23-19-13-2,29-24-31(7)8)33(11)35(30-32(9)10)37(27-20-14-3,28-21-15-4)34(16-5)17-6/h14,16-18,20-24,26,28-31,34H,5-6,12-13,15,19,25,27H2,1-4,7-11H3. The third kappa shape index (κ3) is 10.9. The van der Waals surface area contributed by atoms with Crippen LogP contribution in [0.1, 0.15) is 101 Å². The molecular formula is C37H58. The summed E-state index contributed by atoms with van der Waals surface area (Å²) < 4.78 is 0. The molecule has 0 aliphatic heterocycles. The molecule has 0 aliphatic rings. The molecule has 0 heteroatoms. The van der Waals surface area contributed by atoms with E-state index in [2.05, 4.69) is 154 Å². The van der Waals surface area contributed by atoms with Gasteiger partial charge in [-0.05, 0) is 71.3 Å². The predicted octanol–water partition coefficient (Wildman–Crippen LogP) is 12.1. The largest absolute Gasteiger partial charge is 0.102 e. The van der Waals surface area contributed by atoms with Gasteiger partial charge >= 0.3 is 0 Å². The summed E-state index contributed by atoms with van der Waals surface area (Å²) in [6.07, 6.45) is 36.3. The Morgan fingerprint density at radius 2 is 1.43 bits per heavy atom. The van der Waals surface area contributed by atoms with Crippen molar-refractivity contribution in [3.8, 4) is 0 Å². The van der Waals surface area contributed by atoms with E-state index in [1.165, 1.54) is 16.7 Å². The summed E-state index contributed by atoms with van der Waals surface area (Å²) in [6.45, 7) is 28.6. The SMILES string of the molecule is C=CC(C=C)C(C=CCC)(CC=CC)C(C=C(C)C)=C(C)C(C=CCCC)(C=CC(C)C)CC=CCC. The van der Waals surface area contributed by atoms with E-state index >= 15 is 0 Å². The summed E-state index contributed by atoms with van der Waals surface area (Å²) in [5.74, 6) is 0.584. The molecule has 0 rings (SSSR count). The summed E-state index contributed by atoms with van der Waals surface area (Å²) in [7, 11) is 0. The van der Waals surface area contributed by atoms with Gasteiger partial charge < -0.3 is 0 Å². The van der Waals surface area contributed by atoms with E-state index in [4.69, 9.17) is 0 Å². The van der Waals surface area contributed by atoms with E-state index in [1.54, 1.807) is 0 Å². The summed E-state index contributed by atoms with van der Waals surface area (Å²) in [5, 5.41) is 0. The van der Waals surface area contributed by atoms with Gasteiger partial charge in [0.25, 0.3) is 0 Å². The van der Waals surface area contributed by atoms with Gasteiger partial charge in [-0.3, -0.25) is 0 Å². The normalized spacial score (nSPS) is 16.8. The lowest BCUT2D eigenvalue weighted by molar-refractivity contribution is 0.388. The Bertz CT molecular complexity index is 867. The van der Waals surface area contributed by atoms with Crippen LogP contribution in [0.25, 0.3) is 0 Å². The molecule has 2 atom stereocenters. The number of rotatable bonds is 18. The van der Waals surface area contributed by atoms with Crippen molar-refractivity contribution in [2.24, 2.45) is 22.7 Å². The molecule has 0 N–H and O–H groups in total. The van der Waals surface area contributed by atoms with Gasteiger partial charge in [0.05, 0.1) is 0 Å². The molecule has 0 aromatic carbocycles. The topological polar surface area (TPSA) is 0 Å². The maximum atomic E-state index is 4.27. The second-order valence-electron chi connectivity index (χ2n) is 10.8. The highest BCUT2D eigenvalue weighted by molar-refractivity contribution is 5.47. The number of hydrogen-bond acceptors (Lipinski definition) is 0. The first-order chi connectivity index (χ1) is 17.6. The quantitative estimate of drug-likeness (QED) is 0.129. The minimum atomic E-state index is -0.267. The molecule has 0 aromatic heterocycles. The first kappa shape index (κ1) is 34.7. The lowest BCUT2D eigenvalue weighted by Crippen LogP contribution is -2.31. The fourth-order valence-corrected chi connectivity index (χ4v) is 4.85. The van der Waals surface area contributed by atoms with Crippen molar-refractivity contribution in [3.63, 3.8) is 0 Å². The maximum absolute atomic E-state index is 4.27. The molecule has 0 bridgehead atoms. The predicted molar refractivity (Wildman–Crippen MR) is 172 cm³/mol. The Kier molecular flexibility index (Phi) is 17.6. The first-order valence-electron chi connectivity index (χ1n) is 14.6. The highest BCUT2D eigenvalue weighted by Gasteiger charge is 2.39. The highest BCUT2D eigenvalue weighted by atomic mass is 14.4.